The smallest absolute Gasteiger partial charge is 0.0413 e. The molecule has 1 nitrogen and oxygen atoms in total. The number of nitrogens with two attached hydrogens (primary N) is 1. The summed E-state index contributed by atoms with van der Waals surface area (Å²) in [5.41, 5.74) is 5.89. The molecule has 1 aromatic heterocycles. The van der Waals surface area contributed by atoms with E-state index >= 15 is 0 Å². The minimum Gasteiger partial charge on any atom is -0.323 e. The molecule has 2 N–H and O–H groups in total. The first-order valence-electron chi connectivity index (χ1n) is 3.51. The average Bonchev–Trinajstić information content (AvgIpc) is 2.36. The molecule has 0 spiro atoms. The van der Waals surface area contributed by atoms with E-state index < -0.39 is 0 Å². The molecule has 0 aliphatic rings. The molecule has 0 aliphatic carbocycles. The first-order valence-corrected chi connectivity index (χ1v) is 4.38. The maximum Gasteiger partial charge on any atom is 0.0413 e. The van der Waals surface area contributed by atoms with Gasteiger partial charge < -0.3 is 5.73 Å². The Bertz CT molecular complexity index is 184. The van der Waals surface area contributed by atoms with Crippen LogP contribution in [0.4, 0.5) is 0 Å². The van der Waals surface area contributed by atoms with Crippen molar-refractivity contribution >= 4 is 23.7 Å². The summed E-state index contributed by atoms with van der Waals surface area (Å²) in [6.45, 7) is 4.29. The number of hydrogen-bond acceptors (Lipinski definition) is 2. The van der Waals surface area contributed by atoms with E-state index in [4.69, 9.17) is 5.73 Å². The molecule has 1 unspecified atom stereocenters. The Kier molecular flexibility index (Phi) is 4.73. The van der Waals surface area contributed by atoms with Gasteiger partial charge in [0.05, 0.1) is 0 Å². The minimum absolute atomic E-state index is 0. The number of halogens is 1. The third-order valence-corrected chi connectivity index (χ3v) is 2.56. The van der Waals surface area contributed by atoms with Crippen LogP contribution in [0.15, 0.2) is 17.5 Å². The maximum atomic E-state index is 5.89. The Morgan fingerprint density at radius 3 is 2.45 bits per heavy atom. The van der Waals surface area contributed by atoms with E-state index in [0.29, 0.717) is 5.92 Å². The van der Waals surface area contributed by atoms with E-state index in [1.165, 1.54) is 4.88 Å². The fourth-order valence-corrected chi connectivity index (χ4v) is 1.71. The largest absolute Gasteiger partial charge is 0.323 e. The lowest BCUT2D eigenvalue weighted by Gasteiger charge is -2.12. The Morgan fingerprint density at radius 2 is 2.09 bits per heavy atom. The van der Waals surface area contributed by atoms with E-state index in [1.807, 2.05) is 6.07 Å². The van der Waals surface area contributed by atoms with Gasteiger partial charge in [0.15, 0.2) is 0 Å². The first kappa shape index (κ1) is 11.0. The van der Waals surface area contributed by atoms with Crippen molar-refractivity contribution in [3.05, 3.63) is 22.4 Å². The van der Waals surface area contributed by atoms with Crippen molar-refractivity contribution in [2.75, 3.05) is 0 Å². The van der Waals surface area contributed by atoms with Crippen LogP contribution >= 0.6 is 23.7 Å². The van der Waals surface area contributed by atoms with Crippen molar-refractivity contribution in [2.24, 2.45) is 11.7 Å². The van der Waals surface area contributed by atoms with Crippen LogP contribution in [0.5, 0.6) is 0 Å². The van der Waals surface area contributed by atoms with E-state index in [-0.39, 0.29) is 18.4 Å². The second-order valence-electron chi connectivity index (χ2n) is 2.79. The van der Waals surface area contributed by atoms with Gasteiger partial charge in [-0.05, 0) is 17.4 Å². The monoisotopic (exact) mass is 191 g/mol. The zero-order valence-electron chi connectivity index (χ0n) is 6.78. The van der Waals surface area contributed by atoms with Crippen molar-refractivity contribution in [3.8, 4) is 0 Å². The standard InChI is InChI=1S/C8H13NS.ClH/c1-6(2)8(9)7-4-3-5-10-7;/h3-6,8H,9H2,1-2H3;1H. The van der Waals surface area contributed by atoms with Crippen molar-refractivity contribution in [2.45, 2.75) is 19.9 Å². The SMILES string of the molecule is CC(C)C(N)c1cccs1.Cl. The zero-order valence-corrected chi connectivity index (χ0v) is 8.41. The summed E-state index contributed by atoms with van der Waals surface area (Å²) in [5, 5.41) is 2.07. The number of rotatable bonds is 2. The average molecular weight is 192 g/mol. The van der Waals surface area contributed by atoms with Crippen LogP contribution in [0.3, 0.4) is 0 Å². The summed E-state index contributed by atoms with van der Waals surface area (Å²) >= 11 is 1.73. The molecule has 3 heteroatoms. The summed E-state index contributed by atoms with van der Waals surface area (Å²) < 4.78 is 0. The Hall–Kier alpha value is -0.0500. The Morgan fingerprint density at radius 1 is 1.45 bits per heavy atom. The summed E-state index contributed by atoms with van der Waals surface area (Å²) in [4.78, 5) is 1.29. The first-order chi connectivity index (χ1) is 4.72. The molecule has 64 valence electrons. The predicted octanol–water partition coefficient (Wildman–Crippen LogP) is 2.83. The molecule has 0 saturated carbocycles. The summed E-state index contributed by atoms with van der Waals surface area (Å²) in [6, 6.07) is 4.36. The van der Waals surface area contributed by atoms with Gasteiger partial charge in [0.25, 0.3) is 0 Å². The zero-order chi connectivity index (χ0) is 7.56. The third kappa shape index (κ3) is 2.81. The lowest BCUT2D eigenvalue weighted by molar-refractivity contribution is 0.521. The fraction of sp³-hybridized carbons (Fsp3) is 0.500. The lowest BCUT2D eigenvalue weighted by Crippen LogP contribution is -2.14. The van der Waals surface area contributed by atoms with Gasteiger partial charge in [-0.25, -0.2) is 0 Å². The molecular weight excluding hydrogens is 178 g/mol. The van der Waals surface area contributed by atoms with Crippen LogP contribution in [0.25, 0.3) is 0 Å². The molecule has 1 rings (SSSR count). The van der Waals surface area contributed by atoms with Crippen LogP contribution in [0.1, 0.15) is 24.8 Å². The summed E-state index contributed by atoms with van der Waals surface area (Å²) in [6.07, 6.45) is 0. The van der Waals surface area contributed by atoms with Gasteiger partial charge in [-0.15, -0.1) is 23.7 Å². The summed E-state index contributed by atoms with van der Waals surface area (Å²) in [5.74, 6) is 0.540. The molecule has 0 bridgehead atoms. The van der Waals surface area contributed by atoms with Crippen molar-refractivity contribution < 1.29 is 0 Å². The number of hydrogen-bond donors (Lipinski definition) is 1. The molecule has 1 atom stereocenters. The van der Waals surface area contributed by atoms with Crippen LogP contribution < -0.4 is 5.73 Å². The fourth-order valence-electron chi connectivity index (χ4n) is 0.809. The van der Waals surface area contributed by atoms with Gasteiger partial charge >= 0.3 is 0 Å². The van der Waals surface area contributed by atoms with E-state index in [9.17, 15) is 0 Å². The van der Waals surface area contributed by atoms with E-state index in [0.717, 1.165) is 0 Å². The molecule has 0 aliphatic heterocycles. The predicted molar refractivity (Wildman–Crippen MR) is 53.3 cm³/mol. The van der Waals surface area contributed by atoms with Gasteiger partial charge in [-0.2, -0.15) is 0 Å². The minimum atomic E-state index is 0. The highest BCUT2D eigenvalue weighted by Gasteiger charge is 2.09. The second-order valence-corrected chi connectivity index (χ2v) is 3.76. The third-order valence-electron chi connectivity index (χ3n) is 1.59. The van der Waals surface area contributed by atoms with Crippen LogP contribution in [-0.4, -0.2) is 0 Å². The molecule has 1 heterocycles. The summed E-state index contributed by atoms with van der Waals surface area (Å²) in [7, 11) is 0. The molecule has 0 aromatic carbocycles. The van der Waals surface area contributed by atoms with Gasteiger partial charge in [-0.3, -0.25) is 0 Å². The lowest BCUT2D eigenvalue weighted by atomic mass is 10.0. The normalized spacial score (nSPS) is 12.7. The highest BCUT2D eigenvalue weighted by molar-refractivity contribution is 7.10. The highest BCUT2D eigenvalue weighted by atomic mass is 35.5. The van der Waals surface area contributed by atoms with E-state index in [2.05, 4.69) is 25.3 Å². The Balaban J connectivity index is 0.000001000. The molecule has 11 heavy (non-hydrogen) atoms. The van der Waals surface area contributed by atoms with E-state index in [1.54, 1.807) is 11.3 Å². The van der Waals surface area contributed by atoms with Crippen molar-refractivity contribution in [1.29, 1.82) is 0 Å². The van der Waals surface area contributed by atoms with Gasteiger partial charge in [-0.1, -0.05) is 19.9 Å². The highest BCUT2D eigenvalue weighted by Crippen LogP contribution is 2.22. The Labute approximate surface area is 78.0 Å². The molecular formula is C8H14ClNS. The molecule has 0 radical (unpaired) electrons. The molecule has 0 amide bonds. The van der Waals surface area contributed by atoms with Crippen molar-refractivity contribution in [3.63, 3.8) is 0 Å². The maximum absolute atomic E-state index is 5.89. The molecule has 0 saturated heterocycles. The van der Waals surface area contributed by atoms with Gasteiger partial charge in [0, 0.05) is 10.9 Å². The van der Waals surface area contributed by atoms with Crippen LogP contribution in [-0.2, 0) is 0 Å². The quantitative estimate of drug-likeness (QED) is 0.765. The molecule has 0 fully saturated rings. The number of thiophene rings is 1. The van der Waals surface area contributed by atoms with Crippen LogP contribution in [0, 0.1) is 5.92 Å². The van der Waals surface area contributed by atoms with Gasteiger partial charge in [0.2, 0.25) is 0 Å². The van der Waals surface area contributed by atoms with Crippen molar-refractivity contribution in [1.82, 2.24) is 0 Å². The second kappa shape index (κ2) is 4.75. The topological polar surface area (TPSA) is 26.0 Å². The van der Waals surface area contributed by atoms with Crippen LogP contribution in [0.2, 0.25) is 0 Å². The molecule has 1 aromatic rings. The van der Waals surface area contributed by atoms with Gasteiger partial charge in [0.1, 0.15) is 0 Å².